The first-order valence-corrected chi connectivity index (χ1v) is 21.3. The zero-order valence-corrected chi connectivity index (χ0v) is 38.0. The van der Waals surface area contributed by atoms with Crippen molar-refractivity contribution in [2.75, 3.05) is 0 Å². The van der Waals surface area contributed by atoms with E-state index in [4.69, 9.17) is 14.6 Å². The van der Waals surface area contributed by atoms with E-state index in [9.17, 15) is 6.48 Å². The average molecular weight is 824 g/mol. The van der Waals surface area contributed by atoms with Crippen LogP contribution in [0.2, 0.25) is 0 Å². The number of aromatic hydroxyl groups is 1. The van der Waals surface area contributed by atoms with Crippen molar-refractivity contribution in [3.63, 3.8) is 0 Å². The number of phenols is 1. The fourth-order valence-electron chi connectivity index (χ4n) is 7.94. The van der Waals surface area contributed by atoms with Crippen LogP contribution in [0.3, 0.4) is 0 Å². The summed E-state index contributed by atoms with van der Waals surface area (Å²) in [4.78, 5) is 10.0. The number of aromatic nitrogens is 3. The van der Waals surface area contributed by atoms with E-state index in [-0.39, 0.29) is 39.4 Å². The monoisotopic (exact) mass is 824 g/mol. The molecule has 0 aliphatic heterocycles. The van der Waals surface area contributed by atoms with Crippen molar-refractivity contribution < 1.29 is 16.1 Å². The summed E-state index contributed by atoms with van der Waals surface area (Å²) in [6.45, 7) is 25.6. The number of phenolic OH excluding ortho intramolecular Hbond substituents is 1. The minimum Gasteiger partial charge on any atom is -0.507 e. The lowest BCUT2D eigenvalue weighted by Crippen LogP contribution is -2.17. The fraction of sp³-hybridized carbons (Fsp3) is 0.276. The molecule has 0 fully saturated rings. The van der Waals surface area contributed by atoms with E-state index in [2.05, 4.69) is 147 Å². The topological polar surface area (TPSA) is 50.9 Å². The first-order chi connectivity index (χ1) is 32.5. The molecule has 8 rings (SSSR count). The van der Waals surface area contributed by atoms with Gasteiger partial charge >= 0.3 is 0 Å². The van der Waals surface area contributed by atoms with Crippen LogP contribution in [0.4, 0.5) is 0 Å². The molecule has 0 saturated carbocycles. The molecule has 62 heavy (non-hydrogen) atoms. The maximum Gasteiger partial charge on any atom is 0.149 e. The van der Waals surface area contributed by atoms with Crippen molar-refractivity contribution in [1.82, 2.24) is 14.5 Å². The van der Waals surface area contributed by atoms with Gasteiger partial charge in [-0.1, -0.05) is 180 Å². The highest BCUT2D eigenvalue weighted by atomic mass is 16.3. The molecule has 2 heterocycles. The molecule has 0 bridgehead atoms. The lowest BCUT2D eigenvalue weighted by Gasteiger charge is -2.27. The molecule has 0 atom stereocenters. The Morgan fingerprint density at radius 1 is 0.516 bits per heavy atom. The van der Waals surface area contributed by atoms with Crippen molar-refractivity contribution in [2.45, 2.75) is 105 Å². The number of pyridine rings is 1. The molecule has 0 unspecified atom stereocenters. The molecule has 1 N–H and O–H groups in total. The first-order valence-electron chi connectivity index (χ1n) is 25.3. The van der Waals surface area contributed by atoms with Crippen LogP contribution in [0.15, 0.2) is 146 Å². The van der Waals surface area contributed by atoms with Crippen LogP contribution >= 0.6 is 0 Å². The van der Waals surface area contributed by atoms with Crippen LogP contribution in [0.25, 0.3) is 72.7 Å². The summed E-state index contributed by atoms with van der Waals surface area (Å²) < 4.78 is 71.8. The van der Waals surface area contributed by atoms with Gasteiger partial charge in [0.1, 0.15) is 11.6 Å². The van der Waals surface area contributed by atoms with Crippen molar-refractivity contribution in [3.8, 4) is 67.5 Å². The highest BCUT2D eigenvalue weighted by molar-refractivity contribution is 5.98. The van der Waals surface area contributed by atoms with E-state index in [1.165, 1.54) is 5.56 Å². The summed E-state index contributed by atoms with van der Waals surface area (Å²) in [5.74, 6) is 0.696. The number of hydrogen-bond acceptors (Lipinski definition) is 3. The Morgan fingerprint density at radius 3 is 1.81 bits per heavy atom. The van der Waals surface area contributed by atoms with E-state index < -0.39 is 53.3 Å². The van der Waals surface area contributed by atoms with Crippen LogP contribution in [0, 0.1) is 0 Å². The Kier molecular flexibility index (Phi) is 8.39. The lowest BCUT2D eigenvalue weighted by atomic mass is 9.79. The zero-order chi connectivity index (χ0) is 51.3. The van der Waals surface area contributed by atoms with Gasteiger partial charge in [0.25, 0.3) is 0 Å². The quantitative estimate of drug-likeness (QED) is 0.182. The molecule has 4 nitrogen and oxygen atoms in total. The van der Waals surface area contributed by atoms with Gasteiger partial charge in [0, 0.05) is 28.4 Å². The second kappa shape index (κ2) is 15.6. The second-order valence-electron chi connectivity index (χ2n) is 20.5. The Hall–Kier alpha value is -6.26. The largest absolute Gasteiger partial charge is 0.507 e. The summed E-state index contributed by atoms with van der Waals surface area (Å²) >= 11 is 0. The number of rotatable bonds is 6. The smallest absolute Gasteiger partial charge is 0.149 e. The highest BCUT2D eigenvalue weighted by Gasteiger charge is 2.29. The van der Waals surface area contributed by atoms with Crippen LogP contribution in [0.1, 0.15) is 116 Å². The van der Waals surface area contributed by atoms with Gasteiger partial charge < -0.3 is 5.11 Å². The molecule has 314 valence electrons. The normalized spacial score (nSPS) is 14.4. The lowest BCUT2D eigenvalue weighted by molar-refractivity contribution is 0.446. The third kappa shape index (κ3) is 8.23. The van der Waals surface area contributed by atoms with E-state index in [1.807, 2.05) is 42.5 Å². The van der Waals surface area contributed by atoms with Crippen molar-refractivity contribution in [1.29, 1.82) is 0 Å². The Bertz CT molecular complexity index is 3370. The van der Waals surface area contributed by atoms with Gasteiger partial charge in [-0.2, -0.15) is 0 Å². The van der Waals surface area contributed by atoms with Crippen LogP contribution in [-0.4, -0.2) is 19.6 Å². The molecule has 0 saturated heterocycles. The summed E-state index contributed by atoms with van der Waals surface area (Å²) in [6.07, 6.45) is -0.500. The average Bonchev–Trinajstić information content (AvgIpc) is 3.68. The van der Waals surface area contributed by atoms with Crippen LogP contribution in [-0.2, 0) is 21.7 Å². The number of imidazole rings is 1. The highest BCUT2D eigenvalue weighted by Crippen LogP contribution is 2.46. The Morgan fingerprint density at radius 2 is 1.15 bits per heavy atom. The van der Waals surface area contributed by atoms with Crippen molar-refractivity contribution >= 4 is 11.0 Å². The summed E-state index contributed by atoms with van der Waals surface area (Å²) in [5.41, 5.74) is 9.01. The number of hydrogen-bond donors (Lipinski definition) is 1. The van der Waals surface area contributed by atoms with E-state index in [1.54, 1.807) is 0 Å². The van der Waals surface area contributed by atoms with Crippen LogP contribution < -0.4 is 0 Å². The van der Waals surface area contributed by atoms with Crippen molar-refractivity contribution in [2.24, 2.45) is 0 Å². The summed E-state index contributed by atoms with van der Waals surface area (Å²) in [6, 6.07) is 29.2. The van der Waals surface area contributed by atoms with E-state index in [0.29, 0.717) is 22.5 Å². The fourth-order valence-corrected chi connectivity index (χ4v) is 7.94. The van der Waals surface area contributed by atoms with Gasteiger partial charge in [-0.05, 0) is 103 Å². The molecule has 0 aliphatic carbocycles. The standard InChI is InChI=1S/C58H61N3O/c1-55(2,3)42-27-25-38(26-28-42)45-21-16-17-23-50(45)61-51-24-18-22-46(52(51)60-54(61)47-35-44(57(7,8)9)36-48(53(47)62)58(10,11)12)40-31-41(33-43(32-40)56(4,5)6)49-34-39(29-30-59-49)37-19-14-13-15-20-37/h13-36,62H,1-12H3/i13D,14D,15D,19D,20D,29D,30D,34D. The van der Waals surface area contributed by atoms with Gasteiger partial charge in [-0.3, -0.25) is 9.55 Å². The zero-order valence-electron chi connectivity index (χ0n) is 46.0. The molecular formula is C58H61N3O. The molecule has 0 amide bonds. The second-order valence-corrected chi connectivity index (χ2v) is 20.5. The van der Waals surface area contributed by atoms with E-state index >= 15 is 0 Å². The third-order valence-corrected chi connectivity index (χ3v) is 11.6. The number of fused-ring (bicyclic) bond motifs is 1. The Balaban J connectivity index is 1.46. The molecule has 0 spiro atoms. The maximum absolute atomic E-state index is 12.5. The van der Waals surface area contributed by atoms with Gasteiger partial charge in [0.2, 0.25) is 0 Å². The molecule has 2 aromatic heterocycles. The third-order valence-electron chi connectivity index (χ3n) is 11.6. The number of nitrogens with zero attached hydrogens (tertiary/aromatic N) is 3. The van der Waals surface area contributed by atoms with Gasteiger partial charge in [-0.25, -0.2) is 4.98 Å². The van der Waals surface area contributed by atoms with Gasteiger partial charge in [0.15, 0.2) is 0 Å². The van der Waals surface area contributed by atoms with E-state index in [0.717, 1.165) is 50.1 Å². The van der Waals surface area contributed by atoms with Gasteiger partial charge in [0.05, 0.1) is 38.9 Å². The molecule has 0 aliphatic rings. The summed E-state index contributed by atoms with van der Waals surface area (Å²) in [7, 11) is 0. The minimum atomic E-state index is -0.599. The molecular weight excluding hydrogens is 755 g/mol. The molecule has 6 aromatic carbocycles. The predicted octanol–water partition coefficient (Wildman–Crippen LogP) is 15.7. The van der Waals surface area contributed by atoms with Crippen molar-refractivity contribution in [3.05, 3.63) is 168 Å². The number of para-hydroxylation sites is 2. The predicted molar refractivity (Wildman–Crippen MR) is 263 cm³/mol. The SMILES string of the molecule is [2H]c1nc(-c2cc(-c3cccc4c3nc(-c3cc(C(C)(C)C)cc(C(C)(C)C)c3O)n4-c3ccccc3-c3ccc(C(C)(C)C)cc3)cc(C(C)(C)C)c2)c([2H])c(-c2c([2H])c([2H])c([2H])c([2H])c2[2H])c1[2H]. The Labute approximate surface area is 380 Å². The maximum atomic E-state index is 12.5. The minimum absolute atomic E-state index is 0.0265. The summed E-state index contributed by atoms with van der Waals surface area (Å²) in [5, 5.41) is 12.5. The van der Waals surface area contributed by atoms with Crippen LogP contribution in [0.5, 0.6) is 5.75 Å². The molecule has 4 heteroatoms. The number of benzene rings is 6. The van der Waals surface area contributed by atoms with Gasteiger partial charge in [-0.15, -0.1) is 0 Å². The molecule has 8 aromatic rings. The first kappa shape index (κ1) is 33.4. The molecule has 0 radical (unpaired) electrons.